The summed E-state index contributed by atoms with van der Waals surface area (Å²) in [6.45, 7) is 12.0. The molecule has 3 nitrogen and oxygen atoms in total. The lowest BCUT2D eigenvalue weighted by Gasteiger charge is -2.32. The van der Waals surface area contributed by atoms with E-state index >= 15 is 0 Å². The standard InChI is InChI=1S/C19H39NO2S2/c1-8-19(4,5)22-18(21)15-20(14-16(2)11-13-24-7)17(3)10-9-12-23-6/h16-17H,8-15H2,1-7H3/t16-,17+/m0/s1. The molecule has 0 N–H and O–H groups in total. The average molecular weight is 378 g/mol. The summed E-state index contributed by atoms with van der Waals surface area (Å²) in [5.41, 5.74) is -0.366. The van der Waals surface area contributed by atoms with Crippen LogP contribution in [-0.4, -0.2) is 59.6 Å². The van der Waals surface area contributed by atoms with E-state index in [-0.39, 0.29) is 11.6 Å². The van der Waals surface area contributed by atoms with E-state index in [1.54, 1.807) is 0 Å². The predicted molar refractivity (Wildman–Crippen MR) is 111 cm³/mol. The average Bonchev–Trinajstić information content (AvgIpc) is 2.51. The van der Waals surface area contributed by atoms with Gasteiger partial charge in [0.1, 0.15) is 5.60 Å². The Kier molecular flexibility index (Phi) is 13.4. The van der Waals surface area contributed by atoms with E-state index in [1.165, 1.54) is 24.3 Å². The molecule has 0 fully saturated rings. The molecule has 0 rings (SSSR count). The Morgan fingerprint density at radius 2 is 1.75 bits per heavy atom. The molecule has 0 saturated carbocycles. The molecule has 0 heterocycles. The summed E-state index contributed by atoms with van der Waals surface area (Å²) in [4.78, 5) is 14.7. The highest BCUT2D eigenvalue weighted by molar-refractivity contribution is 7.98. The molecule has 2 atom stereocenters. The fourth-order valence-corrected chi connectivity index (χ4v) is 3.59. The number of hydrogen-bond donors (Lipinski definition) is 0. The number of carbonyl (C=O) groups excluding carboxylic acids is 1. The number of nitrogens with zero attached hydrogens (tertiary/aromatic N) is 1. The van der Waals surface area contributed by atoms with Gasteiger partial charge >= 0.3 is 5.97 Å². The minimum Gasteiger partial charge on any atom is -0.459 e. The van der Waals surface area contributed by atoms with Crippen LogP contribution in [0.5, 0.6) is 0 Å². The fraction of sp³-hybridized carbons (Fsp3) is 0.947. The minimum atomic E-state index is -0.366. The highest BCUT2D eigenvalue weighted by Gasteiger charge is 2.24. The number of esters is 1. The van der Waals surface area contributed by atoms with Crippen LogP contribution in [0, 0.1) is 5.92 Å². The molecule has 0 radical (unpaired) electrons. The first-order chi connectivity index (χ1) is 11.3. The van der Waals surface area contributed by atoms with Crippen molar-refractivity contribution in [3.05, 3.63) is 0 Å². The third-order valence-electron chi connectivity index (χ3n) is 4.53. The zero-order valence-corrected chi connectivity index (χ0v) is 18.5. The van der Waals surface area contributed by atoms with Gasteiger partial charge in [0.25, 0.3) is 0 Å². The molecule has 5 heteroatoms. The predicted octanol–water partition coefficient (Wildman–Crippen LogP) is 4.94. The third-order valence-corrected chi connectivity index (χ3v) is 5.87. The zero-order valence-electron chi connectivity index (χ0n) is 16.9. The SMILES string of the molecule is CCC(C)(C)OC(=O)CN(C[C@@H](C)CCSC)[C@H](C)CCCSC. The summed E-state index contributed by atoms with van der Waals surface area (Å²) in [5, 5.41) is 0. The summed E-state index contributed by atoms with van der Waals surface area (Å²) >= 11 is 3.79. The minimum absolute atomic E-state index is 0.0874. The van der Waals surface area contributed by atoms with Gasteiger partial charge < -0.3 is 4.74 Å². The van der Waals surface area contributed by atoms with E-state index in [9.17, 15) is 4.79 Å². The van der Waals surface area contributed by atoms with Crippen molar-refractivity contribution in [3.63, 3.8) is 0 Å². The molecule has 0 aromatic rings. The van der Waals surface area contributed by atoms with Crippen LogP contribution in [0.1, 0.15) is 60.3 Å². The number of rotatable bonds is 14. The molecule has 0 amide bonds. The van der Waals surface area contributed by atoms with Gasteiger partial charge in [-0.1, -0.05) is 13.8 Å². The highest BCUT2D eigenvalue weighted by Crippen LogP contribution is 2.17. The molecular weight excluding hydrogens is 338 g/mol. The maximum atomic E-state index is 12.4. The molecule has 0 bridgehead atoms. The number of ether oxygens (including phenoxy) is 1. The van der Waals surface area contributed by atoms with Gasteiger partial charge in [0.2, 0.25) is 0 Å². The Bertz CT molecular complexity index is 337. The van der Waals surface area contributed by atoms with E-state index in [0.29, 0.717) is 18.5 Å². The van der Waals surface area contributed by atoms with E-state index < -0.39 is 0 Å². The van der Waals surface area contributed by atoms with Crippen molar-refractivity contribution in [2.45, 2.75) is 71.9 Å². The van der Waals surface area contributed by atoms with Crippen molar-refractivity contribution < 1.29 is 9.53 Å². The van der Waals surface area contributed by atoms with Crippen molar-refractivity contribution in [2.24, 2.45) is 5.92 Å². The lowest BCUT2D eigenvalue weighted by Crippen LogP contribution is -2.42. The van der Waals surface area contributed by atoms with Crippen molar-refractivity contribution in [1.29, 1.82) is 0 Å². The van der Waals surface area contributed by atoms with Gasteiger partial charge in [-0.2, -0.15) is 23.5 Å². The quantitative estimate of drug-likeness (QED) is 0.316. The molecule has 24 heavy (non-hydrogen) atoms. The lowest BCUT2D eigenvalue weighted by molar-refractivity contribution is -0.158. The van der Waals surface area contributed by atoms with Crippen LogP contribution in [0.2, 0.25) is 0 Å². The van der Waals surface area contributed by atoms with Crippen molar-refractivity contribution in [1.82, 2.24) is 4.90 Å². The van der Waals surface area contributed by atoms with Gasteiger partial charge in [-0.15, -0.1) is 0 Å². The molecule has 0 aromatic carbocycles. The molecule has 0 spiro atoms. The van der Waals surface area contributed by atoms with E-state index in [4.69, 9.17) is 4.74 Å². The first kappa shape index (κ1) is 24.1. The first-order valence-corrected chi connectivity index (χ1v) is 12.0. The normalized spacial score (nSPS) is 14.7. The van der Waals surface area contributed by atoms with Crippen LogP contribution in [0.4, 0.5) is 0 Å². The van der Waals surface area contributed by atoms with Crippen LogP contribution in [0.25, 0.3) is 0 Å². The molecule has 0 aliphatic carbocycles. The molecule has 0 aliphatic heterocycles. The van der Waals surface area contributed by atoms with Crippen LogP contribution in [0.3, 0.4) is 0 Å². The molecule has 144 valence electrons. The summed E-state index contributed by atoms with van der Waals surface area (Å²) in [7, 11) is 0. The maximum Gasteiger partial charge on any atom is 0.320 e. The molecule has 0 aromatic heterocycles. The Morgan fingerprint density at radius 3 is 2.29 bits per heavy atom. The fourth-order valence-electron chi connectivity index (χ4n) is 2.50. The maximum absolute atomic E-state index is 12.4. The number of thioether (sulfide) groups is 2. The van der Waals surface area contributed by atoms with E-state index in [2.05, 4.69) is 38.2 Å². The smallest absolute Gasteiger partial charge is 0.320 e. The van der Waals surface area contributed by atoms with Gasteiger partial charge in [-0.3, -0.25) is 9.69 Å². The Labute approximate surface area is 159 Å². The van der Waals surface area contributed by atoms with Crippen LogP contribution in [0.15, 0.2) is 0 Å². The van der Waals surface area contributed by atoms with Gasteiger partial charge in [0, 0.05) is 12.6 Å². The second-order valence-corrected chi connectivity index (χ2v) is 9.36. The van der Waals surface area contributed by atoms with Crippen molar-refractivity contribution in [2.75, 3.05) is 37.1 Å². The second-order valence-electron chi connectivity index (χ2n) is 7.39. The summed E-state index contributed by atoms with van der Waals surface area (Å²) in [5.74, 6) is 2.89. The van der Waals surface area contributed by atoms with Crippen LogP contribution >= 0.6 is 23.5 Å². The number of carbonyl (C=O) groups is 1. The van der Waals surface area contributed by atoms with Crippen molar-refractivity contribution >= 4 is 29.5 Å². The second kappa shape index (κ2) is 13.3. The van der Waals surface area contributed by atoms with Gasteiger partial charge in [-0.05, 0) is 76.4 Å². The van der Waals surface area contributed by atoms with E-state index in [0.717, 1.165) is 19.4 Å². The van der Waals surface area contributed by atoms with Crippen LogP contribution in [-0.2, 0) is 9.53 Å². The Balaban J connectivity index is 4.68. The van der Waals surface area contributed by atoms with Crippen LogP contribution < -0.4 is 0 Å². The molecule has 0 unspecified atom stereocenters. The first-order valence-electron chi connectivity index (χ1n) is 9.19. The molecular formula is C19H39NO2S2. The Hall–Kier alpha value is 0.130. The van der Waals surface area contributed by atoms with E-state index in [1.807, 2.05) is 37.4 Å². The van der Waals surface area contributed by atoms with Gasteiger partial charge in [-0.25, -0.2) is 0 Å². The summed E-state index contributed by atoms with van der Waals surface area (Å²) < 4.78 is 5.67. The number of hydrogen-bond acceptors (Lipinski definition) is 5. The largest absolute Gasteiger partial charge is 0.459 e. The highest BCUT2D eigenvalue weighted by atomic mass is 32.2. The van der Waals surface area contributed by atoms with Crippen molar-refractivity contribution in [3.8, 4) is 0 Å². The Morgan fingerprint density at radius 1 is 1.12 bits per heavy atom. The van der Waals surface area contributed by atoms with Gasteiger partial charge in [0.15, 0.2) is 0 Å². The topological polar surface area (TPSA) is 29.5 Å². The monoisotopic (exact) mass is 377 g/mol. The zero-order chi connectivity index (χ0) is 18.6. The summed E-state index contributed by atoms with van der Waals surface area (Å²) in [6.07, 6.45) is 8.68. The lowest BCUT2D eigenvalue weighted by atomic mass is 10.1. The third kappa shape index (κ3) is 11.6. The summed E-state index contributed by atoms with van der Waals surface area (Å²) in [6, 6.07) is 0.422. The molecule has 0 saturated heterocycles. The van der Waals surface area contributed by atoms with Gasteiger partial charge in [0.05, 0.1) is 6.54 Å². The molecule has 0 aliphatic rings.